The predicted octanol–water partition coefficient (Wildman–Crippen LogP) is 2.52. The third kappa shape index (κ3) is 3.16. The number of aryl methyl sites for hydroxylation is 2. The first-order chi connectivity index (χ1) is 9.42. The maximum Gasteiger partial charge on any atom is 0.203 e. The molecule has 0 spiro atoms. The van der Waals surface area contributed by atoms with Crippen molar-refractivity contribution in [2.45, 2.75) is 51.2 Å². The summed E-state index contributed by atoms with van der Waals surface area (Å²) in [6, 6.07) is 2.55. The second-order valence-electron chi connectivity index (χ2n) is 5.19. The fourth-order valence-corrected chi connectivity index (χ4v) is 2.70. The Labute approximate surface area is 113 Å². The van der Waals surface area contributed by atoms with Crippen LogP contribution < -0.4 is 5.32 Å². The maximum absolute atomic E-state index is 4.43. The Morgan fingerprint density at radius 1 is 1.11 bits per heavy atom. The van der Waals surface area contributed by atoms with Crippen molar-refractivity contribution in [2.24, 2.45) is 0 Å². The number of imidazole rings is 1. The summed E-state index contributed by atoms with van der Waals surface area (Å²) in [5, 5.41) is 7.81. The molecule has 0 aromatic carbocycles. The van der Waals surface area contributed by atoms with Gasteiger partial charge in [-0.05, 0) is 18.9 Å². The molecule has 1 aliphatic rings. The molecule has 1 N–H and O–H groups in total. The van der Waals surface area contributed by atoms with E-state index in [9.17, 15) is 0 Å². The van der Waals surface area contributed by atoms with Crippen LogP contribution in [0.2, 0.25) is 0 Å². The van der Waals surface area contributed by atoms with Crippen LogP contribution in [-0.4, -0.2) is 25.4 Å². The van der Waals surface area contributed by atoms with E-state index in [1.165, 1.54) is 32.1 Å². The lowest BCUT2D eigenvalue weighted by Gasteiger charge is -2.23. The number of aromatic nitrogens is 4. The summed E-state index contributed by atoms with van der Waals surface area (Å²) < 4.78 is 4.13. The standard InChI is InChI=1S/C14H21N5/c1-2-5-13(6-3-1)17-14-15-8-10-18(14)11-12-19-9-4-7-16-19/h4,7-10,13H,1-3,5-6,11-12H2,(H,15,17). The van der Waals surface area contributed by atoms with Crippen molar-refractivity contribution in [3.8, 4) is 0 Å². The lowest BCUT2D eigenvalue weighted by Crippen LogP contribution is -2.24. The first-order valence-electron chi connectivity index (χ1n) is 7.17. The van der Waals surface area contributed by atoms with Gasteiger partial charge < -0.3 is 9.88 Å². The number of hydrogen-bond donors (Lipinski definition) is 1. The van der Waals surface area contributed by atoms with Crippen LogP contribution in [0.15, 0.2) is 30.9 Å². The van der Waals surface area contributed by atoms with Gasteiger partial charge in [0.15, 0.2) is 0 Å². The van der Waals surface area contributed by atoms with Crippen LogP contribution in [0.25, 0.3) is 0 Å². The number of anilines is 1. The van der Waals surface area contributed by atoms with Crippen molar-refractivity contribution >= 4 is 5.95 Å². The van der Waals surface area contributed by atoms with Crippen LogP contribution in [0.3, 0.4) is 0 Å². The lowest BCUT2D eigenvalue weighted by atomic mass is 9.96. The van der Waals surface area contributed by atoms with Crippen LogP contribution >= 0.6 is 0 Å². The molecular weight excluding hydrogens is 238 g/mol. The van der Waals surface area contributed by atoms with Crippen molar-refractivity contribution < 1.29 is 0 Å². The van der Waals surface area contributed by atoms with Crippen LogP contribution in [-0.2, 0) is 13.1 Å². The molecule has 0 unspecified atom stereocenters. The van der Waals surface area contributed by atoms with E-state index < -0.39 is 0 Å². The summed E-state index contributed by atoms with van der Waals surface area (Å²) >= 11 is 0. The zero-order chi connectivity index (χ0) is 12.9. The SMILES string of the molecule is c1cnn(CCn2ccnc2NC2CCCCC2)c1. The van der Waals surface area contributed by atoms with E-state index in [2.05, 4.69) is 20.0 Å². The molecule has 0 saturated heterocycles. The van der Waals surface area contributed by atoms with Gasteiger partial charge in [-0.3, -0.25) is 4.68 Å². The molecule has 1 saturated carbocycles. The normalized spacial score (nSPS) is 16.6. The van der Waals surface area contributed by atoms with E-state index in [1.807, 2.05) is 35.5 Å². The number of rotatable bonds is 5. The number of nitrogens with one attached hydrogen (secondary N) is 1. The molecule has 19 heavy (non-hydrogen) atoms. The molecule has 3 rings (SSSR count). The molecule has 2 aromatic heterocycles. The summed E-state index contributed by atoms with van der Waals surface area (Å²) in [5.41, 5.74) is 0. The molecule has 0 amide bonds. The van der Waals surface area contributed by atoms with E-state index in [0.717, 1.165) is 19.0 Å². The lowest BCUT2D eigenvalue weighted by molar-refractivity contribution is 0.456. The van der Waals surface area contributed by atoms with Crippen molar-refractivity contribution in [1.29, 1.82) is 0 Å². The molecule has 1 fully saturated rings. The van der Waals surface area contributed by atoms with Gasteiger partial charge in [-0.15, -0.1) is 0 Å². The molecule has 0 aliphatic heterocycles. The fourth-order valence-electron chi connectivity index (χ4n) is 2.70. The van der Waals surface area contributed by atoms with E-state index in [0.29, 0.717) is 6.04 Å². The summed E-state index contributed by atoms with van der Waals surface area (Å²) in [7, 11) is 0. The minimum atomic E-state index is 0.597. The molecule has 1 aliphatic carbocycles. The Kier molecular flexibility index (Phi) is 3.81. The molecule has 0 radical (unpaired) electrons. The quantitative estimate of drug-likeness (QED) is 0.897. The second kappa shape index (κ2) is 5.91. The molecule has 5 nitrogen and oxygen atoms in total. The van der Waals surface area contributed by atoms with Gasteiger partial charge in [0, 0.05) is 37.4 Å². The van der Waals surface area contributed by atoms with E-state index >= 15 is 0 Å². The first kappa shape index (κ1) is 12.3. The van der Waals surface area contributed by atoms with Gasteiger partial charge in [0.25, 0.3) is 0 Å². The molecular formula is C14H21N5. The van der Waals surface area contributed by atoms with E-state index in [4.69, 9.17) is 0 Å². The highest BCUT2D eigenvalue weighted by molar-refractivity contribution is 5.27. The average Bonchev–Trinajstić information content (AvgIpc) is 3.09. The largest absolute Gasteiger partial charge is 0.353 e. The highest BCUT2D eigenvalue weighted by atomic mass is 15.3. The highest BCUT2D eigenvalue weighted by Gasteiger charge is 2.14. The van der Waals surface area contributed by atoms with E-state index in [-0.39, 0.29) is 0 Å². The third-order valence-corrected chi connectivity index (χ3v) is 3.78. The zero-order valence-corrected chi connectivity index (χ0v) is 11.2. The van der Waals surface area contributed by atoms with Crippen molar-refractivity contribution in [3.63, 3.8) is 0 Å². The highest BCUT2D eigenvalue weighted by Crippen LogP contribution is 2.20. The number of hydrogen-bond acceptors (Lipinski definition) is 3. The predicted molar refractivity (Wildman–Crippen MR) is 74.9 cm³/mol. The van der Waals surface area contributed by atoms with Gasteiger partial charge in [-0.1, -0.05) is 19.3 Å². The Bertz CT molecular complexity index is 482. The van der Waals surface area contributed by atoms with E-state index in [1.54, 1.807) is 0 Å². The third-order valence-electron chi connectivity index (χ3n) is 3.78. The summed E-state index contributed by atoms with van der Waals surface area (Å²) in [5.74, 6) is 0.999. The van der Waals surface area contributed by atoms with Gasteiger partial charge in [-0.25, -0.2) is 4.98 Å². The minimum absolute atomic E-state index is 0.597. The molecule has 5 heteroatoms. The van der Waals surface area contributed by atoms with Crippen LogP contribution in [0.5, 0.6) is 0 Å². The smallest absolute Gasteiger partial charge is 0.203 e. The minimum Gasteiger partial charge on any atom is -0.353 e. The van der Waals surface area contributed by atoms with Gasteiger partial charge in [-0.2, -0.15) is 5.10 Å². The summed E-state index contributed by atoms with van der Waals surface area (Å²) in [6.07, 6.45) is 14.3. The zero-order valence-electron chi connectivity index (χ0n) is 11.2. The molecule has 0 bridgehead atoms. The molecule has 2 heterocycles. The number of nitrogens with zero attached hydrogens (tertiary/aromatic N) is 4. The maximum atomic E-state index is 4.43. The Balaban J connectivity index is 1.58. The van der Waals surface area contributed by atoms with Crippen molar-refractivity contribution in [2.75, 3.05) is 5.32 Å². The van der Waals surface area contributed by atoms with Gasteiger partial charge in [0.05, 0.1) is 6.54 Å². The Morgan fingerprint density at radius 2 is 2.00 bits per heavy atom. The first-order valence-corrected chi connectivity index (χ1v) is 7.17. The average molecular weight is 259 g/mol. The molecule has 102 valence electrons. The summed E-state index contributed by atoms with van der Waals surface area (Å²) in [6.45, 7) is 1.78. The van der Waals surface area contributed by atoms with Gasteiger partial charge in [0.1, 0.15) is 0 Å². The van der Waals surface area contributed by atoms with Crippen LogP contribution in [0, 0.1) is 0 Å². The van der Waals surface area contributed by atoms with Gasteiger partial charge in [0.2, 0.25) is 5.95 Å². The summed E-state index contributed by atoms with van der Waals surface area (Å²) in [4.78, 5) is 4.43. The molecule has 0 atom stereocenters. The molecule has 2 aromatic rings. The van der Waals surface area contributed by atoms with Crippen LogP contribution in [0.4, 0.5) is 5.95 Å². The van der Waals surface area contributed by atoms with Crippen LogP contribution in [0.1, 0.15) is 32.1 Å². The van der Waals surface area contributed by atoms with Crippen molar-refractivity contribution in [1.82, 2.24) is 19.3 Å². The monoisotopic (exact) mass is 259 g/mol. The fraction of sp³-hybridized carbons (Fsp3) is 0.571. The Morgan fingerprint density at radius 3 is 2.79 bits per heavy atom. The Hall–Kier alpha value is -1.78. The van der Waals surface area contributed by atoms with Crippen molar-refractivity contribution in [3.05, 3.63) is 30.9 Å². The second-order valence-corrected chi connectivity index (χ2v) is 5.19. The van der Waals surface area contributed by atoms with Gasteiger partial charge >= 0.3 is 0 Å². The topological polar surface area (TPSA) is 47.7 Å².